The molecule has 0 aliphatic heterocycles. The fourth-order valence-electron chi connectivity index (χ4n) is 0.789. The van der Waals surface area contributed by atoms with Crippen LogP contribution in [0, 0.1) is 11.8 Å². The lowest BCUT2D eigenvalue weighted by Gasteiger charge is -1.99. The summed E-state index contributed by atoms with van der Waals surface area (Å²) < 4.78 is 35.1. The zero-order chi connectivity index (χ0) is 11.3. The van der Waals surface area contributed by atoms with Gasteiger partial charge in [0.25, 0.3) is 0 Å². The standard InChI is InChI=1S/C10H6ClF3S/c11-9-5-3-8(4-6-9)2-1-7-15-10(12,13)14/h3-6H,7H2. The minimum absolute atomic E-state index is 0.144. The number of thioether (sulfide) groups is 1. The summed E-state index contributed by atoms with van der Waals surface area (Å²) in [6.07, 6.45) is 0. The van der Waals surface area contributed by atoms with E-state index in [1.54, 1.807) is 24.3 Å². The van der Waals surface area contributed by atoms with Gasteiger partial charge in [-0.25, -0.2) is 0 Å². The zero-order valence-electron chi connectivity index (χ0n) is 7.44. The first-order chi connectivity index (χ1) is 6.97. The van der Waals surface area contributed by atoms with E-state index in [0.29, 0.717) is 10.6 Å². The molecule has 0 fully saturated rings. The highest BCUT2D eigenvalue weighted by Crippen LogP contribution is 2.29. The maximum atomic E-state index is 11.7. The molecule has 0 N–H and O–H groups in total. The van der Waals surface area contributed by atoms with Crippen molar-refractivity contribution in [2.24, 2.45) is 0 Å². The average molecular weight is 251 g/mol. The zero-order valence-corrected chi connectivity index (χ0v) is 9.01. The molecule has 15 heavy (non-hydrogen) atoms. The molecule has 1 aromatic rings. The Labute approximate surface area is 94.8 Å². The van der Waals surface area contributed by atoms with Crippen molar-refractivity contribution in [1.29, 1.82) is 0 Å². The summed E-state index contributed by atoms with van der Waals surface area (Å²) in [5, 5.41) is 0.574. The van der Waals surface area contributed by atoms with Crippen LogP contribution in [-0.4, -0.2) is 11.3 Å². The van der Waals surface area contributed by atoms with Crippen molar-refractivity contribution in [3.63, 3.8) is 0 Å². The Kier molecular flexibility index (Phi) is 4.37. The number of halogens is 4. The first-order valence-electron chi connectivity index (χ1n) is 3.92. The summed E-state index contributed by atoms with van der Waals surface area (Å²) in [7, 11) is 0. The van der Waals surface area contributed by atoms with Crippen LogP contribution in [0.4, 0.5) is 13.2 Å². The first-order valence-corrected chi connectivity index (χ1v) is 5.29. The molecule has 1 rings (SSSR count). The first kappa shape index (κ1) is 12.3. The van der Waals surface area contributed by atoms with Crippen molar-refractivity contribution in [3.8, 4) is 11.8 Å². The molecule has 0 nitrogen and oxygen atoms in total. The Morgan fingerprint density at radius 2 is 1.80 bits per heavy atom. The van der Waals surface area contributed by atoms with E-state index in [1.807, 2.05) is 0 Å². The molecule has 0 saturated carbocycles. The molecule has 1 aromatic carbocycles. The number of benzene rings is 1. The molecule has 5 heteroatoms. The SMILES string of the molecule is FC(F)(F)SCC#Cc1ccc(Cl)cc1. The fourth-order valence-corrected chi connectivity index (χ4v) is 1.22. The summed E-state index contributed by atoms with van der Waals surface area (Å²) in [6, 6.07) is 6.60. The van der Waals surface area contributed by atoms with Gasteiger partial charge < -0.3 is 0 Å². The Morgan fingerprint density at radius 3 is 2.33 bits per heavy atom. The lowest BCUT2D eigenvalue weighted by molar-refractivity contribution is -0.0325. The molecule has 0 aliphatic rings. The maximum Gasteiger partial charge on any atom is 0.442 e. The van der Waals surface area contributed by atoms with Crippen LogP contribution < -0.4 is 0 Å². The van der Waals surface area contributed by atoms with Crippen LogP contribution in [0.25, 0.3) is 0 Å². The van der Waals surface area contributed by atoms with Gasteiger partial charge in [-0.05, 0) is 36.0 Å². The van der Waals surface area contributed by atoms with Crippen LogP contribution in [0.1, 0.15) is 5.56 Å². The molecule has 0 unspecified atom stereocenters. The van der Waals surface area contributed by atoms with Gasteiger partial charge in [-0.3, -0.25) is 0 Å². The lowest BCUT2D eigenvalue weighted by atomic mass is 10.2. The smallest absolute Gasteiger partial charge is 0.160 e. The Bertz CT molecular complexity index is 372. The largest absolute Gasteiger partial charge is 0.442 e. The average Bonchev–Trinajstić information content (AvgIpc) is 2.14. The van der Waals surface area contributed by atoms with Crippen molar-refractivity contribution in [2.45, 2.75) is 5.51 Å². The Hall–Kier alpha value is -0.790. The molecule has 0 saturated heterocycles. The second-order valence-corrected chi connectivity index (χ2v) is 4.02. The van der Waals surface area contributed by atoms with Crippen molar-refractivity contribution in [3.05, 3.63) is 34.9 Å². The number of rotatable bonds is 1. The van der Waals surface area contributed by atoms with Crippen LogP contribution >= 0.6 is 23.4 Å². The fraction of sp³-hybridized carbons (Fsp3) is 0.200. The third-order valence-corrected chi connectivity index (χ3v) is 2.25. The van der Waals surface area contributed by atoms with E-state index < -0.39 is 5.51 Å². The molecule has 0 spiro atoms. The molecule has 0 bridgehead atoms. The van der Waals surface area contributed by atoms with Gasteiger partial charge in [0, 0.05) is 10.6 Å². The number of hydrogen-bond donors (Lipinski definition) is 0. The molecule has 0 amide bonds. The maximum absolute atomic E-state index is 11.7. The molecule has 0 aliphatic carbocycles. The molecule has 80 valence electrons. The summed E-state index contributed by atoms with van der Waals surface area (Å²) >= 11 is 5.49. The van der Waals surface area contributed by atoms with Crippen molar-refractivity contribution in [1.82, 2.24) is 0 Å². The van der Waals surface area contributed by atoms with E-state index in [4.69, 9.17) is 11.6 Å². The third-order valence-electron chi connectivity index (χ3n) is 1.38. The van der Waals surface area contributed by atoms with Gasteiger partial charge in [-0.2, -0.15) is 13.2 Å². The highest BCUT2D eigenvalue weighted by molar-refractivity contribution is 8.00. The number of alkyl halides is 3. The van der Waals surface area contributed by atoms with Crippen molar-refractivity contribution >= 4 is 23.4 Å². The Balaban J connectivity index is 2.48. The lowest BCUT2D eigenvalue weighted by Crippen LogP contribution is -1.99. The molecular weight excluding hydrogens is 245 g/mol. The van der Waals surface area contributed by atoms with Crippen molar-refractivity contribution in [2.75, 3.05) is 5.75 Å². The topological polar surface area (TPSA) is 0 Å². The van der Waals surface area contributed by atoms with E-state index >= 15 is 0 Å². The monoisotopic (exact) mass is 250 g/mol. The minimum atomic E-state index is -4.21. The summed E-state index contributed by atoms with van der Waals surface area (Å²) in [4.78, 5) is 0. The van der Waals surface area contributed by atoms with Crippen molar-refractivity contribution < 1.29 is 13.2 Å². The second-order valence-electron chi connectivity index (χ2n) is 2.54. The minimum Gasteiger partial charge on any atom is -0.160 e. The van der Waals surface area contributed by atoms with Crippen LogP contribution in [0.15, 0.2) is 24.3 Å². The van der Waals surface area contributed by atoms with Crippen LogP contribution in [-0.2, 0) is 0 Å². The van der Waals surface area contributed by atoms with E-state index in [-0.39, 0.29) is 17.5 Å². The summed E-state index contributed by atoms with van der Waals surface area (Å²) in [5.41, 5.74) is -3.56. The molecule has 0 heterocycles. The van der Waals surface area contributed by atoms with Gasteiger partial charge >= 0.3 is 5.51 Å². The van der Waals surface area contributed by atoms with E-state index in [0.717, 1.165) is 0 Å². The van der Waals surface area contributed by atoms with Gasteiger partial charge in [0.05, 0.1) is 5.75 Å². The predicted molar refractivity (Wildman–Crippen MR) is 56.8 cm³/mol. The van der Waals surface area contributed by atoms with Crippen LogP contribution in [0.3, 0.4) is 0 Å². The van der Waals surface area contributed by atoms with E-state index in [9.17, 15) is 13.2 Å². The second kappa shape index (κ2) is 5.34. The number of hydrogen-bond acceptors (Lipinski definition) is 1. The van der Waals surface area contributed by atoms with E-state index in [2.05, 4.69) is 11.8 Å². The summed E-state index contributed by atoms with van der Waals surface area (Å²) in [6.45, 7) is 0. The van der Waals surface area contributed by atoms with Gasteiger partial charge in [0.15, 0.2) is 0 Å². The normalized spacial score (nSPS) is 10.7. The third kappa shape index (κ3) is 5.60. The van der Waals surface area contributed by atoms with E-state index in [1.165, 1.54) is 0 Å². The summed E-state index contributed by atoms with van der Waals surface area (Å²) in [5.74, 6) is 4.78. The predicted octanol–water partition coefficient (Wildman–Crippen LogP) is 3.94. The Morgan fingerprint density at radius 1 is 1.20 bits per heavy atom. The molecule has 0 radical (unpaired) electrons. The van der Waals surface area contributed by atoms with Crippen LogP contribution in [0.2, 0.25) is 5.02 Å². The van der Waals surface area contributed by atoms with Crippen LogP contribution in [0.5, 0.6) is 0 Å². The molecule has 0 atom stereocenters. The quantitative estimate of drug-likeness (QED) is 0.680. The highest BCUT2D eigenvalue weighted by atomic mass is 35.5. The highest BCUT2D eigenvalue weighted by Gasteiger charge is 2.26. The molecular formula is C10H6ClF3S. The van der Waals surface area contributed by atoms with Gasteiger partial charge in [0.1, 0.15) is 0 Å². The van der Waals surface area contributed by atoms with Gasteiger partial charge in [0.2, 0.25) is 0 Å². The van der Waals surface area contributed by atoms with Gasteiger partial charge in [-0.1, -0.05) is 23.4 Å². The van der Waals surface area contributed by atoms with Gasteiger partial charge in [-0.15, -0.1) is 0 Å². The molecule has 0 aromatic heterocycles.